The van der Waals surface area contributed by atoms with E-state index < -0.39 is 5.97 Å². The summed E-state index contributed by atoms with van der Waals surface area (Å²) in [6.07, 6.45) is 7.45. The number of aromatic nitrogens is 2. The second-order valence-corrected chi connectivity index (χ2v) is 8.06. The summed E-state index contributed by atoms with van der Waals surface area (Å²) in [5, 5.41) is 3.97. The normalized spacial score (nSPS) is 13.4. The molecule has 1 aliphatic rings. The Balaban J connectivity index is 1.56. The monoisotopic (exact) mass is 403 g/mol. The van der Waals surface area contributed by atoms with Crippen molar-refractivity contribution in [3.05, 3.63) is 51.2 Å². The van der Waals surface area contributed by atoms with Crippen LogP contribution in [0.5, 0.6) is 0 Å². The number of nitrogens with one attached hydrogen (secondary N) is 1. The van der Waals surface area contributed by atoms with Crippen LogP contribution in [0.2, 0.25) is 5.02 Å². The molecule has 0 atom stereocenters. The number of ether oxygens (including phenoxy) is 1. The van der Waals surface area contributed by atoms with E-state index in [-0.39, 0.29) is 12.5 Å². The van der Waals surface area contributed by atoms with Crippen LogP contribution < -0.4 is 5.32 Å². The predicted molar refractivity (Wildman–Crippen MR) is 105 cm³/mol. The van der Waals surface area contributed by atoms with Gasteiger partial charge in [-0.1, -0.05) is 11.6 Å². The molecule has 1 aliphatic carbocycles. The summed E-state index contributed by atoms with van der Waals surface area (Å²) >= 11 is 7.46. The van der Waals surface area contributed by atoms with Crippen LogP contribution in [-0.4, -0.2) is 21.3 Å². The molecule has 0 aliphatic heterocycles. The second kappa shape index (κ2) is 7.32. The summed E-state index contributed by atoms with van der Waals surface area (Å²) < 4.78 is 7.32. The zero-order chi connectivity index (χ0) is 19.0. The first-order valence-electron chi connectivity index (χ1n) is 8.73. The molecule has 1 amide bonds. The third-order valence-corrected chi connectivity index (χ3v) is 5.91. The number of esters is 1. The first-order chi connectivity index (χ1) is 13.0. The van der Waals surface area contributed by atoms with E-state index in [1.807, 2.05) is 0 Å². The zero-order valence-corrected chi connectivity index (χ0v) is 16.3. The number of imidazole rings is 1. The third-order valence-electron chi connectivity index (χ3n) is 4.48. The van der Waals surface area contributed by atoms with Gasteiger partial charge in [0.15, 0.2) is 0 Å². The Morgan fingerprint density at radius 3 is 2.93 bits per heavy atom. The van der Waals surface area contributed by atoms with Gasteiger partial charge >= 0.3 is 5.97 Å². The number of carbonyl (C=O) groups excluding carboxylic acids is 2. The van der Waals surface area contributed by atoms with Crippen molar-refractivity contribution in [2.75, 3.05) is 5.32 Å². The molecule has 0 unspecified atom stereocenters. The molecule has 3 heterocycles. The minimum atomic E-state index is -0.423. The smallest absolute Gasteiger partial charge is 0.341 e. The molecule has 0 bridgehead atoms. The van der Waals surface area contributed by atoms with Crippen molar-refractivity contribution in [2.24, 2.45) is 0 Å². The van der Waals surface area contributed by atoms with Gasteiger partial charge in [0.2, 0.25) is 5.91 Å². The molecule has 0 radical (unpaired) electrons. The molecular weight excluding hydrogens is 386 g/mol. The van der Waals surface area contributed by atoms with E-state index in [1.165, 1.54) is 23.1 Å². The highest BCUT2D eigenvalue weighted by Gasteiger charge is 2.27. The lowest BCUT2D eigenvalue weighted by Gasteiger charge is -2.12. The maximum atomic E-state index is 12.8. The minimum Gasteiger partial charge on any atom is -0.455 e. The van der Waals surface area contributed by atoms with E-state index in [0.29, 0.717) is 21.3 Å². The van der Waals surface area contributed by atoms with Crippen molar-refractivity contribution in [1.29, 1.82) is 0 Å². The van der Waals surface area contributed by atoms with Crippen LogP contribution in [0.1, 0.15) is 46.3 Å². The fourth-order valence-electron chi connectivity index (χ4n) is 3.33. The van der Waals surface area contributed by atoms with Gasteiger partial charge in [-0.05, 0) is 43.4 Å². The minimum absolute atomic E-state index is 0.0578. The lowest BCUT2D eigenvalue weighted by Crippen LogP contribution is -2.13. The van der Waals surface area contributed by atoms with Gasteiger partial charge in [-0.15, -0.1) is 11.3 Å². The average molecular weight is 404 g/mol. The van der Waals surface area contributed by atoms with Crippen molar-refractivity contribution >= 4 is 45.5 Å². The Labute approximate surface area is 165 Å². The lowest BCUT2D eigenvalue weighted by molar-refractivity contribution is -0.114. The number of fused-ring (bicyclic) bond motifs is 2. The quantitative estimate of drug-likeness (QED) is 0.661. The maximum absolute atomic E-state index is 12.8. The van der Waals surface area contributed by atoms with Crippen LogP contribution in [0.3, 0.4) is 0 Å². The number of aryl methyl sites for hydroxylation is 1. The van der Waals surface area contributed by atoms with Crippen molar-refractivity contribution in [3.8, 4) is 0 Å². The number of nitrogens with zero attached hydrogens (tertiary/aromatic N) is 2. The van der Waals surface area contributed by atoms with Gasteiger partial charge in [0.05, 0.1) is 16.3 Å². The average Bonchev–Trinajstić information content (AvgIpc) is 3.19. The van der Waals surface area contributed by atoms with Gasteiger partial charge < -0.3 is 14.5 Å². The molecule has 1 N–H and O–H groups in total. The van der Waals surface area contributed by atoms with E-state index in [2.05, 4.69) is 10.3 Å². The third kappa shape index (κ3) is 3.70. The van der Waals surface area contributed by atoms with Crippen LogP contribution in [-0.2, 0) is 29.0 Å². The number of thiophene rings is 1. The second-order valence-electron chi connectivity index (χ2n) is 6.52. The van der Waals surface area contributed by atoms with E-state index in [9.17, 15) is 9.59 Å². The summed E-state index contributed by atoms with van der Waals surface area (Å²) in [6, 6.07) is 3.56. The lowest BCUT2D eigenvalue weighted by atomic mass is 9.95. The maximum Gasteiger partial charge on any atom is 0.341 e. The fourth-order valence-corrected chi connectivity index (χ4v) is 4.82. The van der Waals surface area contributed by atoms with Crippen LogP contribution in [0.15, 0.2) is 24.5 Å². The Hall–Kier alpha value is -2.38. The van der Waals surface area contributed by atoms with E-state index >= 15 is 0 Å². The van der Waals surface area contributed by atoms with Gasteiger partial charge in [0, 0.05) is 24.2 Å². The number of rotatable bonds is 4. The molecule has 3 aromatic heterocycles. The van der Waals surface area contributed by atoms with Gasteiger partial charge in [-0.25, -0.2) is 9.78 Å². The number of hydrogen-bond acceptors (Lipinski definition) is 5. The summed E-state index contributed by atoms with van der Waals surface area (Å²) in [5.74, 6) is -0.617. The Kier molecular flexibility index (Phi) is 4.88. The van der Waals surface area contributed by atoms with Gasteiger partial charge in [0.25, 0.3) is 0 Å². The van der Waals surface area contributed by atoms with Crippen LogP contribution in [0.4, 0.5) is 5.00 Å². The standard InChI is InChI=1S/C19H18ClN3O3S/c1-11(24)21-18-17(14-4-2-3-5-15(14)27-18)19(25)26-10-13-9-23-8-12(20)6-7-16(23)22-13/h6-9H,2-5,10H2,1H3,(H,21,24). The summed E-state index contributed by atoms with van der Waals surface area (Å²) in [7, 11) is 0. The highest BCUT2D eigenvalue weighted by atomic mass is 35.5. The topological polar surface area (TPSA) is 72.7 Å². The molecule has 0 aromatic carbocycles. The van der Waals surface area contributed by atoms with Crippen molar-refractivity contribution < 1.29 is 14.3 Å². The van der Waals surface area contributed by atoms with Gasteiger partial charge in [-0.2, -0.15) is 0 Å². The first-order valence-corrected chi connectivity index (χ1v) is 9.93. The van der Waals surface area contributed by atoms with Gasteiger partial charge in [0.1, 0.15) is 17.3 Å². The summed E-state index contributed by atoms with van der Waals surface area (Å²) in [4.78, 5) is 29.9. The van der Waals surface area contributed by atoms with Crippen molar-refractivity contribution in [1.82, 2.24) is 9.38 Å². The SMILES string of the molecule is CC(=O)Nc1sc2c(c1C(=O)OCc1cn3cc(Cl)ccc3n1)CCCC2. The first kappa shape index (κ1) is 18.0. The fraction of sp³-hybridized carbons (Fsp3) is 0.316. The largest absolute Gasteiger partial charge is 0.455 e. The number of anilines is 1. The molecule has 0 fully saturated rings. The molecule has 0 saturated heterocycles. The summed E-state index contributed by atoms with van der Waals surface area (Å²) in [6.45, 7) is 1.50. The number of halogens is 1. The molecule has 27 heavy (non-hydrogen) atoms. The Morgan fingerprint density at radius 1 is 1.30 bits per heavy atom. The van der Waals surface area contributed by atoms with Crippen molar-refractivity contribution in [3.63, 3.8) is 0 Å². The van der Waals surface area contributed by atoms with Crippen molar-refractivity contribution in [2.45, 2.75) is 39.2 Å². The number of pyridine rings is 1. The van der Waals surface area contributed by atoms with Crippen LogP contribution in [0, 0.1) is 0 Å². The molecule has 8 heteroatoms. The molecular formula is C19H18ClN3O3S. The highest BCUT2D eigenvalue weighted by molar-refractivity contribution is 7.17. The van der Waals surface area contributed by atoms with Gasteiger partial charge in [-0.3, -0.25) is 4.79 Å². The molecule has 3 aromatic rings. The van der Waals surface area contributed by atoms with E-state index in [1.54, 1.807) is 28.9 Å². The number of hydrogen-bond donors (Lipinski definition) is 1. The Morgan fingerprint density at radius 2 is 2.11 bits per heavy atom. The van der Waals surface area contributed by atoms with Crippen LogP contribution >= 0.6 is 22.9 Å². The molecule has 6 nitrogen and oxygen atoms in total. The molecule has 140 valence electrons. The summed E-state index contributed by atoms with van der Waals surface area (Å²) in [5.41, 5.74) is 2.88. The highest BCUT2D eigenvalue weighted by Crippen LogP contribution is 2.38. The molecule has 4 rings (SSSR count). The number of carbonyl (C=O) groups is 2. The van der Waals surface area contributed by atoms with E-state index in [4.69, 9.17) is 16.3 Å². The Bertz CT molecular complexity index is 1040. The predicted octanol–water partition coefficient (Wildman–Crippen LogP) is 4.24. The zero-order valence-electron chi connectivity index (χ0n) is 14.8. The van der Waals surface area contributed by atoms with E-state index in [0.717, 1.165) is 36.9 Å². The number of amides is 1. The molecule has 0 spiro atoms. The van der Waals surface area contributed by atoms with Crippen LogP contribution in [0.25, 0.3) is 5.65 Å². The molecule has 0 saturated carbocycles.